The molecule has 4 heavy (non-hydrogen) atoms. The van der Waals surface area contributed by atoms with Crippen molar-refractivity contribution in [3.8, 4) is 0 Å². The van der Waals surface area contributed by atoms with Crippen LogP contribution in [0, 0.1) is 35.6 Å². The quantitative estimate of drug-likeness (QED) is 0.491. The molecule has 4 heteroatoms. The first-order valence-corrected chi connectivity index (χ1v) is 0.636. The van der Waals surface area contributed by atoms with Gasteiger partial charge in [0.15, 0.2) is 0 Å². The molecule has 0 heterocycles. The minimum atomic E-state index is 0. The molecule has 0 N–H and O–H groups in total. The zero-order valence-electron chi connectivity index (χ0n) is 1.36. The van der Waals surface area contributed by atoms with Gasteiger partial charge in [-0.3, -0.25) is 0 Å². The molecule has 0 amide bonds. The number of hydrogen-bond acceptors (Lipinski definition) is 1. The molecule has 0 saturated heterocycles. The fraction of sp³-hybridized carbons (Fsp3) is 0. The van der Waals surface area contributed by atoms with Gasteiger partial charge in [0.1, 0.15) is 0 Å². The van der Waals surface area contributed by atoms with Gasteiger partial charge in [-0.2, -0.15) is 0 Å². The van der Waals surface area contributed by atoms with E-state index in [1.54, 1.807) is 15.9 Å². The van der Waals surface area contributed by atoms with Crippen molar-refractivity contribution in [1.82, 2.24) is 0 Å². The Labute approximate surface area is 77.1 Å². The summed E-state index contributed by atoms with van der Waals surface area (Å²) in [5.74, 6) is 0. The van der Waals surface area contributed by atoms with E-state index in [4.69, 9.17) is 3.83 Å². The van der Waals surface area contributed by atoms with Crippen LogP contribution < -0.4 is 0 Å². The fourth-order valence-electron chi connectivity index (χ4n) is 0. The average Bonchev–Trinajstić information content (AvgIpc) is 1.00. The molecule has 0 atom stereocenters. The maximum absolute atomic E-state index is 8.06. The third kappa shape index (κ3) is 8.86. The second kappa shape index (κ2) is 18.6. The molecule has 1 radical (unpaired) electrons. The Morgan fingerprint density at radius 2 is 1.25 bits per heavy atom. The topological polar surface area (TPSA) is 17.1 Å². The zero-order chi connectivity index (χ0) is 2.00. The van der Waals surface area contributed by atoms with E-state index in [0.29, 0.717) is 0 Å². The van der Waals surface area contributed by atoms with Gasteiger partial charge >= 0.3 is 42.8 Å². The van der Waals surface area contributed by atoms with E-state index in [1.165, 1.54) is 0 Å². The van der Waals surface area contributed by atoms with E-state index in [0.717, 1.165) is 0 Å². The molecule has 20 valence electrons. The van der Waals surface area contributed by atoms with Crippen molar-refractivity contribution in [2.45, 2.75) is 0 Å². The van der Waals surface area contributed by atoms with Gasteiger partial charge in [-0.15, -0.1) is 0 Å². The van der Waals surface area contributed by atoms with Crippen LogP contribution in [0.3, 0.4) is 0 Å². The Kier molecular flexibility index (Phi) is 75.7. The summed E-state index contributed by atoms with van der Waals surface area (Å²) in [6.07, 6.45) is 0. The van der Waals surface area contributed by atoms with E-state index < -0.39 is 0 Å². The first-order valence-electron chi connectivity index (χ1n) is 0.154. The molecule has 0 aromatic rings. The Morgan fingerprint density at radius 3 is 1.25 bits per heavy atom. The molecular weight excluding hydrogens is 234 g/mol. The van der Waals surface area contributed by atoms with Gasteiger partial charge < -0.3 is 0 Å². The van der Waals surface area contributed by atoms with Gasteiger partial charge in [-0.1, -0.05) is 0 Å². The van der Waals surface area contributed by atoms with Crippen LogP contribution in [0.25, 0.3) is 0 Å². The fourth-order valence-corrected chi connectivity index (χ4v) is 0. The first kappa shape index (κ1) is 16.3. The van der Waals surface area contributed by atoms with E-state index in [2.05, 4.69) is 0 Å². The molecule has 0 aromatic heterocycles. The normalized spacial score (nSPS) is 1.00. The van der Waals surface area contributed by atoms with Gasteiger partial charge in [0.2, 0.25) is 0 Å². The molecular formula is H2LaMgMnO. The molecule has 0 aliphatic carbocycles. The summed E-state index contributed by atoms with van der Waals surface area (Å²) < 4.78 is 8.06. The van der Waals surface area contributed by atoms with Crippen LogP contribution in [0.5, 0.6) is 0 Å². The number of rotatable bonds is 0. The van der Waals surface area contributed by atoms with Gasteiger partial charge in [0.05, 0.1) is 0 Å². The molecule has 0 saturated carbocycles. The third-order valence-electron chi connectivity index (χ3n) is 0. The van der Waals surface area contributed by atoms with Crippen LogP contribution >= 0.6 is 0 Å². The van der Waals surface area contributed by atoms with Crippen molar-refractivity contribution in [3.63, 3.8) is 0 Å². The molecule has 0 aliphatic rings. The van der Waals surface area contributed by atoms with Crippen molar-refractivity contribution in [3.05, 3.63) is 0 Å². The summed E-state index contributed by atoms with van der Waals surface area (Å²) >= 11 is 1.69. The summed E-state index contributed by atoms with van der Waals surface area (Å²) in [5.41, 5.74) is 0. The van der Waals surface area contributed by atoms with Crippen molar-refractivity contribution >= 4 is 23.1 Å². The molecule has 0 fully saturated rings. The van der Waals surface area contributed by atoms with Crippen molar-refractivity contribution in [2.24, 2.45) is 0 Å². The third-order valence-corrected chi connectivity index (χ3v) is 0. The van der Waals surface area contributed by atoms with Crippen molar-refractivity contribution < 1.29 is 55.4 Å². The van der Waals surface area contributed by atoms with E-state index in [1.807, 2.05) is 0 Å². The van der Waals surface area contributed by atoms with Gasteiger partial charge in [-0.25, -0.2) is 0 Å². The summed E-state index contributed by atoms with van der Waals surface area (Å²) in [4.78, 5) is 0. The standard InChI is InChI=1S/La.Mg.Mn.O.2H. The SMILES string of the molecule is [La].[MgH2].[O]=[Mn]. The molecule has 0 aliphatic heterocycles. The molecule has 1 nitrogen and oxygen atoms in total. The second-order valence-corrected chi connectivity index (χ2v) is 0. The van der Waals surface area contributed by atoms with Crippen molar-refractivity contribution in [2.75, 3.05) is 0 Å². The predicted molar refractivity (Wildman–Crippen MR) is 9.23 cm³/mol. The molecule has 0 rings (SSSR count). The maximum atomic E-state index is 8.06. The van der Waals surface area contributed by atoms with E-state index >= 15 is 0 Å². The Balaban J connectivity index is -0.00000000500. The van der Waals surface area contributed by atoms with E-state index in [9.17, 15) is 0 Å². The van der Waals surface area contributed by atoms with Crippen LogP contribution in [0.2, 0.25) is 0 Å². The molecule has 0 aromatic carbocycles. The second-order valence-electron chi connectivity index (χ2n) is 0. The number of hydrogen-bond donors (Lipinski definition) is 0. The Morgan fingerprint density at radius 1 is 1.25 bits per heavy atom. The van der Waals surface area contributed by atoms with Gasteiger partial charge in [-0.05, 0) is 0 Å². The molecule has 0 bridgehead atoms. The summed E-state index contributed by atoms with van der Waals surface area (Å²) in [7, 11) is 0. The van der Waals surface area contributed by atoms with Gasteiger partial charge in [0.25, 0.3) is 0 Å². The Bertz CT molecular complexity index is 8.00. The van der Waals surface area contributed by atoms with Crippen LogP contribution in [-0.4, -0.2) is 23.1 Å². The Hall–Kier alpha value is 2.28. The summed E-state index contributed by atoms with van der Waals surface area (Å²) in [5, 5.41) is 0. The van der Waals surface area contributed by atoms with Crippen LogP contribution in [0.1, 0.15) is 0 Å². The monoisotopic (exact) mass is 236 g/mol. The zero-order valence-corrected chi connectivity index (χ0v) is 6.17. The van der Waals surface area contributed by atoms with Gasteiger partial charge in [0, 0.05) is 35.6 Å². The molecule has 0 spiro atoms. The van der Waals surface area contributed by atoms with Crippen LogP contribution in [-0.2, 0) is 19.8 Å². The summed E-state index contributed by atoms with van der Waals surface area (Å²) in [6.45, 7) is 0. The van der Waals surface area contributed by atoms with E-state index in [-0.39, 0.29) is 58.7 Å². The average molecular weight is 236 g/mol. The summed E-state index contributed by atoms with van der Waals surface area (Å²) in [6, 6.07) is 0. The minimum absolute atomic E-state index is 0. The van der Waals surface area contributed by atoms with Crippen LogP contribution in [0.4, 0.5) is 0 Å². The predicted octanol–water partition coefficient (Wildman–Crippen LogP) is -1.04. The van der Waals surface area contributed by atoms with Crippen LogP contribution in [0.15, 0.2) is 0 Å². The first-order chi connectivity index (χ1) is 1.00. The van der Waals surface area contributed by atoms with Crippen molar-refractivity contribution in [1.29, 1.82) is 0 Å². The molecule has 0 unspecified atom stereocenters.